The number of aliphatic hydroxyl groups excluding tert-OH is 3. The standard InChI is InChI=1S/C26H37NO9/c1-14(2)27(3)16-9-10-17(27)12-18(11-16)35-25(32)19(15-7-5-4-6-8-15)13-34-22-20(28)23(24(30)31)36-26(33)21(22)29/h4-8,14,16-23,26,28-29,33H,9-13H2,1-3H3/p+1/t16-,17+,18?,19?,20-,21+,22-,23-,26+,27?/m0/s1. The summed E-state index contributed by atoms with van der Waals surface area (Å²) in [6.07, 6.45) is -4.92. The summed E-state index contributed by atoms with van der Waals surface area (Å²) in [6.45, 7) is 4.21. The first-order valence-electron chi connectivity index (χ1n) is 12.7. The lowest BCUT2D eigenvalue weighted by Gasteiger charge is -2.49. The van der Waals surface area contributed by atoms with E-state index in [-0.39, 0.29) is 12.7 Å². The summed E-state index contributed by atoms with van der Waals surface area (Å²) in [5, 5.41) is 39.9. The van der Waals surface area contributed by atoms with Gasteiger partial charge in [0, 0.05) is 25.7 Å². The highest BCUT2D eigenvalue weighted by Gasteiger charge is 2.54. The van der Waals surface area contributed by atoms with Gasteiger partial charge in [-0.15, -0.1) is 0 Å². The van der Waals surface area contributed by atoms with Crippen molar-refractivity contribution in [2.75, 3.05) is 13.7 Å². The number of ether oxygens (including phenoxy) is 3. The van der Waals surface area contributed by atoms with Gasteiger partial charge in [-0.2, -0.15) is 0 Å². The number of carboxylic acid groups (broad SMARTS) is 1. The third-order valence-corrected chi connectivity index (χ3v) is 8.62. The van der Waals surface area contributed by atoms with Crippen LogP contribution in [-0.2, 0) is 23.8 Å². The molecule has 2 bridgehead atoms. The molecule has 3 unspecified atom stereocenters. The number of benzene rings is 1. The van der Waals surface area contributed by atoms with Crippen molar-refractivity contribution in [3.8, 4) is 0 Å². The normalized spacial score (nSPS) is 39.1. The molecule has 3 aliphatic rings. The molecule has 3 heterocycles. The highest BCUT2D eigenvalue weighted by atomic mass is 16.7. The smallest absolute Gasteiger partial charge is 0.335 e. The number of rotatable bonds is 8. The van der Waals surface area contributed by atoms with Crippen LogP contribution in [0.3, 0.4) is 0 Å². The van der Waals surface area contributed by atoms with E-state index in [9.17, 15) is 30.0 Å². The Balaban J connectivity index is 1.47. The Kier molecular flexibility index (Phi) is 8.04. The molecule has 3 aliphatic heterocycles. The minimum Gasteiger partial charge on any atom is -0.479 e. The molecule has 0 aliphatic carbocycles. The van der Waals surface area contributed by atoms with Gasteiger partial charge in [0.15, 0.2) is 12.4 Å². The molecule has 1 aromatic rings. The summed E-state index contributed by atoms with van der Waals surface area (Å²) in [5.74, 6) is -2.84. The van der Waals surface area contributed by atoms with Gasteiger partial charge in [-0.25, -0.2) is 4.79 Å². The molecule has 3 fully saturated rings. The molecule has 200 valence electrons. The van der Waals surface area contributed by atoms with E-state index in [0.29, 0.717) is 23.7 Å². The van der Waals surface area contributed by atoms with Gasteiger partial charge in [-0.3, -0.25) is 4.79 Å². The molecule has 36 heavy (non-hydrogen) atoms. The first-order valence-corrected chi connectivity index (χ1v) is 12.7. The van der Waals surface area contributed by atoms with Crippen LogP contribution >= 0.6 is 0 Å². The molecule has 0 amide bonds. The number of carboxylic acids is 1. The van der Waals surface area contributed by atoms with E-state index in [0.717, 1.165) is 30.2 Å². The molecule has 0 saturated carbocycles. The predicted octanol–water partition coefficient (Wildman–Crippen LogP) is 0.771. The van der Waals surface area contributed by atoms with Crippen molar-refractivity contribution in [1.29, 1.82) is 0 Å². The maximum absolute atomic E-state index is 13.4. The monoisotopic (exact) mass is 508 g/mol. The zero-order valence-corrected chi connectivity index (χ0v) is 21.0. The molecule has 3 saturated heterocycles. The first-order chi connectivity index (χ1) is 17.0. The fourth-order valence-corrected chi connectivity index (χ4v) is 6.26. The van der Waals surface area contributed by atoms with Crippen molar-refractivity contribution in [2.24, 2.45) is 0 Å². The Bertz CT molecular complexity index is 911. The van der Waals surface area contributed by atoms with Crippen LogP contribution in [0.1, 0.15) is 51.0 Å². The minimum atomic E-state index is -1.85. The summed E-state index contributed by atoms with van der Waals surface area (Å²) < 4.78 is 17.5. The second-order valence-corrected chi connectivity index (χ2v) is 10.8. The van der Waals surface area contributed by atoms with Crippen LogP contribution in [0.5, 0.6) is 0 Å². The lowest BCUT2D eigenvalue weighted by Crippen LogP contribution is -2.62. The van der Waals surface area contributed by atoms with Gasteiger partial charge in [0.1, 0.15) is 30.3 Å². The van der Waals surface area contributed by atoms with E-state index in [1.165, 1.54) is 0 Å². The molecule has 10 nitrogen and oxygen atoms in total. The fourth-order valence-electron chi connectivity index (χ4n) is 6.26. The lowest BCUT2D eigenvalue weighted by molar-refractivity contribution is -0.968. The zero-order chi connectivity index (χ0) is 26.2. The highest BCUT2D eigenvalue weighted by Crippen LogP contribution is 2.44. The molecule has 4 N–H and O–H groups in total. The van der Waals surface area contributed by atoms with E-state index >= 15 is 0 Å². The topological polar surface area (TPSA) is 143 Å². The number of piperidine rings is 1. The van der Waals surface area contributed by atoms with Gasteiger partial charge in [-0.05, 0) is 19.4 Å². The number of aliphatic carboxylic acids is 1. The SMILES string of the molecule is CC(C)[N+]1(C)[C@@H]2CC[C@H]1CC(OC(=O)C(CO[C@@H]1[C@@H](O)[C@H](O)O[C@H](C(=O)O)[C@H]1O)c1ccccc1)C2. The van der Waals surface area contributed by atoms with Crippen molar-refractivity contribution < 1.29 is 48.7 Å². The summed E-state index contributed by atoms with van der Waals surface area (Å²) in [4.78, 5) is 24.8. The summed E-state index contributed by atoms with van der Waals surface area (Å²) in [7, 11) is 2.30. The van der Waals surface area contributed by atoms with E-state index in [4.69, 9.17) is 14.2 Å². The third-order valence-electron chi connectivity index (χ3n) is 8.62. The summed E-state index contributed by atoms with van der Waals surface area (Å²) in [6, 6.07) is 10.3. The number of carbonyl (C=O) groups excluding carboxylic acids is 1. The van der Waals surface area contributed by atoms with Crippen molar-refractivity contribution in [1.82, 2.24) is 0 Å². The molecule has 0 spiro atoms. The summed E-state index contributed by atoms with van der Waals surface area (Å²) in [5.41, 5.74) is 0.635. The second kappa shape index (κ2) is 10.7. The Hall–Kier alpha value is -2.08. The molecule has 0 radical (unpaired) electrons. The third kappa shape index (κ3) is 5.03. The highest BCUT2D eigenvalue weighted by molar-refractivity contribution is 5.78. The van der Waals surface area contributed by atoms with Crippen LogP contribution < -0.4 is 0 Å². The van der Waals surface area contributed by atoms with E-state index in [1.807, 2.05) is 6.07 Å². The van der Waals surface area contributed by atoms with E-state index < -0.39 is 48.6 Å². The van der Waals surface area contributed by atoms with Gasteiger partial charge < -0.3 is 39.1 Å². The van der Waals surface area contributed by atoms with Crippen LogP contribution in [0.2, 0.25) is 0 Å². The Morgan fingerprint density at radius 1 is 1.06 bits per heavy atom. The fraction of sp³-hybridized carbons (Fsp3) is 0.692. The molecule has 4 rings (SSSR count). The van der Waals surface area contributed by atoms with Gasteiger partial charge in [-0.1, -0.05) is 30.3 Å². The van der Waals surface area contributed by atoms with Crippen molar-refractivity contribution in [3.05, 3.63) is 35.9 Å². The number of carbonyl (C=O) groups is 2. The van der Waals surface area contributed by atoms with Gasteiger partial charge in [0.2, 0.25) is 0 Å². The number of nitrogens with zero attached hydrogens (tertiary/aromatic N) is 1. The van der Waals surface area contributed by atoms with Crippen LogP contribution in [0, 0.1) is 0 Å². The zero-order valence-electron chi connectivity index (χ0n) is 21.0. The number of fused-ring (bicyclic) bond motifs is 2. The number of esters is 1. The van der Waals surface area contributed by atoms with Crippen molar-refractivity contribution >= 4 is 11.9 Å². The van der Waals surface area contributed by atoms with Gasteiger partial charge in [0.25, 0.3) is 0 Å². The molecular formula is C26H38NO9+. The van der Waals surface area contributed by atoms with Gasteiger partial charge in [0.05, 0.1) is 31.8 Å². The summed E-state index contributed by atoms with van der Waals surface area (Å²) >= 11 is 0. The predicted molar refractivity (Wildman–Crippen MR) is 127 cm³/mol. The number of hydrogen-bond donors (Lipinski definition) is 4. The van der Waals surface area contributed by atoms with Crippen LogP contribution in [0.15, 0.2) is 30.3 Å². The first kappa shape index (κ1) is 27.0. The van der Waals surface area contributed by atoms with Crippen LogP contribution in [0.4, 0.5) is 0 Å². The van der Waals surface area contributed by atoms with E-state index in [2.05, 4.69) is 20.9 Å². The molecule has 10 atom stereocenters. The molecule has 1 aromatic carbocycles. The number of quaternary nitrogens is 1. The maximum atomic E-state index is 13.4. The quantitative estimate of drug-likeness (QED) is 0.296. The van der Waals surface area contributed by atoms with E-state index in [1.54, 1.807) is 24.3 Å². The molecular weight excluding hydrogens is 470 g/mol. The Labute approximate surface area is 211 Å². The average Bonchev–Trinajstić information content (AvgIpc) is 3.01. The largest absolute Gasteiger partial charge is 0.479 e. The molecule has 0 aromatic heterocycles. The van der Waals surface area contributed by atoms with Gasteiger partial charge >= 0.3 is 11.9 Å². The molecule has 10 heteroatoms. The van der Waals surface area contributed by atoms with Crippen LogP contribution in [-0.4, -0.2) is 105 Å². The van der Waals surface area contributed by atoms with Crippen molar-refractivity contribution in [3.63, 3.8) is 0 Å². The minimum absolute atomic E-state index is 0.205. The van der Waals surface area contributed by atoms with Crippen molar-refractivity contribution in [2.45, 2.75) is 100 Å². The lowest BCUT2D eigenvalue weighted by atomic mass is 9.94. The number of hydrogen-bond acceptors (Lipinski definition) is 8. The Morgan fingerprint density at radius 3 is 2.22 bits per heavy atom. The Morgan fingerprint density at radius 2 is 1.67 bits per heavy atom. The maximum Gasteiger partial charge on any atom is 0.335 e. The average molecular weight is 509 g/mol. The van der Waals surface area contributed by atoms with Crippen LogP contribution in [0.25, 0.3) is 0 Å². The number of aliphatic hydroxyl groups is 3. The second-order valence-electron chi connectivity index (χ2n) is 10.8.